The first-order valence-corrected chi connectivity index (χ1v) is 9.19. The standard InChI is InChI=1S/C19H20O6/c20-6-12-8-2-1-7(11(12)5-13(21)22)14-9-3-4-10(15(8)14)17-16(9)18(23)25-19(17)24/h6-8,10-12,14-15,17H,1-5H2,(H,21,22). The molecule has 1 N–H and O–H groups in total. The fourth-order valence-electron chi connectivity index (χ4n) is 7.17. The van der Waals surface area contributed by atoms with Crippen molar-refractivity contribution < 1.29 is 29.0 Å². The third-order valence-electron chi connectivity index (χ3n) is 7.71. The largest absolute Gasteiger partial charge is 0.481 e. The lowest BCUT2D eigenvalue weighted by Gasteiger charge is -2.62. The highest BCUT2D eigenvalue weighted by Crippen LogP contribution is 2.67. The van der Waals surface area contributed by atoms with Crippen LogP contribution in [0.25, 0.3) is 0 Å². The molecule has 25 heavy (non-hydrogen) atoms. The molecule has 0 spiro atoms. The van der Waals surface area contributed by atoms with Crippen molar-refractivity contribution >= 4 is 24.2 Å². The Bertz CT molecular complexity index is 736. The van der Waals surface area contributed by atoms with Crippen LogP contribution in [0.15, 0.2) is 11.1 Å². The van der Waals surface area contributed by atoms with E-state index in [9.17, 15) is 24.3 Å². The first kappa shape index (κ1) is 15.3. The van der Waals surface area contributed by atoms with E-state index < -0.39 is 23.8 Å². The van der Waals surface area contributed by atoms with Crippen molar-refractivity contribution in [2.24, 2.45) is 47.3 Å². The maximum atomic E-state index is 12.2. The molecule has 7 aliphatic rings. The molecule has 6 nitrogen and oxygen atoms in total. The molecule has 4 bridgehead atoms. The van der Waals surface area contributed by atoms with Crippen molar-refractivity contribution in [2.45, 2.75) is 32.1 Å². The number of carboxylic acid groups (broad SMARTS) is 1. The molecular weight excluding hydrogens is 324 g/mol. The molecule has 6 aliphatic carbocycles. The van der Waals surface area contributed by atoms with Gasteiger partial charge in [-0.1, -0.05) is 5.57 Å². The van der Waals surface area contributed by atoms with E-state index in [2.05, 4.69) is 0 Å². The topological polar surface area (TPSA) is 97.7 Å². The zero-order valence-electron chi connectivity index (χ0n) is 13.7. The van der Waals surface area contributed by atoms with E-state index in [1.165, 1.54) is 0 Å². The van der Waals surface area contributed by atoms with Gasteiger partial charge in [-0.3, -0.25) is 9.59 Å². The van der Waals surface area contributed by atoms with Crippen molar-refractivity contribution in [2.75, 3.05) is 0 Å². The Hall–Kier alpha value is -1.98. The molecule has 0 aromatic rings. The molecule has 0 amide bonds. The molecule has 8 unspecified atom stereocenters. The normalized spacial score (nSPS) is 46.7. The van der Waals surface area contributed by atoms with Gasteiger partial charge < -0.3 is 14.6 Å². The highest BCUT2D eigenvalue weighted by Gasteiger charge is 2.65. The summed E-state index contributed by atoms with van der Waals surface area (Å²) in [6.45, 7) is 0. The summed E-state index contributed by atoms with van der Waals surface area (Å²) in [4.78, 5) is 47.6. The second kappa shape index (κ2) is 5.02. The van der Waals surface area contributed by atoms with Gasteiger partial charge in [-0.05, 0) is 61.2 Å². The van der Waals surface area contributed by atoms with E-state index in [1.807, 2.05) is 0 Å². The quantitative estimate of drug-likeness (QED) is 0.474. The van der Waals surface area contributed by atoms with Crippen LogP contribution in [0.4, 0.5) is 0 Å². The zero-order valence-corrected chi connectivity index (χ0v) is 13.7. The minimum Gasteiger partial charge on any atom is -0.481 e. The van der Waals surface area contributed by atoms with Crippen LogP contribution in [-0.4, -0.2) is 29.3 Å². The molecule has 4 saturated carbocycles. The molecule has 1 heterocycles. The Morgan fingerprint density at radius 2 is 1.92 bits per heavy atom. The number of carbonyl (C=O) groups is 4. The number of hydrogen-bond acceptors (Lipinski definition) is 5. The Morgan fingerprint density at radius 1 is 1.16 bits per heavy atom. The van der Waals surface area contributed by atoms with Crippen molar-refractivity contribution in [3.8, 4) is 0 Å². The summed E-state index contributed by atoms with van der Waals surface area (Å²) in [5, 5.41) is 9.32. The van der Waals surface area contributed by atoms with E-state index in [-0.39, 0.29) is 47.8 Å². The number of allylic oxidation sites excluding steroid dienone is 1. The van der Waals surface area contributed by atoms with Gasteiger partial charge in [0.05, 0.1) is 11.5 Å². The third-order valence-corrected chi connectivity index (χ3v) is 7.71. The van der Waals surface area contributed by atoms with Gasteiger partial charge >= 0.3 is 17.9 Å². The molecule has 0 aromatic carbocycles. The summed E-state index contributed by atoms with van der Waals surface area (Å²) < 4.78 is 4.93. The first-order valence-electron chi connectivity index (χ1n) is 9.19. The minimum absolute atomic E-state index is 0.00782. The van der Waals surface area contributed by atoms with Crippen LogP contribution in [0.1, 0.15) is 32.1 Å². The van der Waals surface area contributed by atoms with Gasteiger partial charge in [-0.2, -0.15) is 0 Å². The molecule has 0 radical (unpaired) electrons. The average molecular weight is 344 g/mol. The summed E-state index contributed by atoms with van der Waals surface area (Å²) in [6, 6.07) is 0. The van der Waals surface area contributed by atoms with Gasteiger partial charge in [0.1, 0.15) is 6.29 Å². The first-order chi connectivity index (χ1) is 12.0. The molecule has 1 saturated heterocycles. The van der Waals surface area contributed by atoms with E-state index in [4.69, 9.17) is 4.74 Å². The summed E-state index contributed by atoms with van der Waals surface area (Å²) in [7, 11) is 0. The van der Waals surface area contributed by atoms with Crippen LogP contribution in [0, 0.1) is 47.3 Å². The molecule has 8 atom stereocenters. The number of rotatable bonds is 3. The SMILES string of the molecule is O=CC1C(CC(=O)O)C2CCC1C1C3CCC(=C4C(=O)OC(=O)C43)C21. The minimum atomic E-state index is -0.868. The van der Waals surface area contributed by atoms with Crippen LogP contribution < -0.4 is 0 Å². The molecule has 132 valence electrons. The fourth-order valence-corrected chi connectivity index (χ4v) is 7.17. The maximum absolute atomic E-state index is 12.2. The number of fused-ring (bicyclic) bond motifs is 3. The summed E-state index contributed by atoms with van der Waals surface area (Å²) in [6.07, 6.45) is 4.45. The summed E-state index contributed by atoms with van der Waals surface area (Å²) >= 11 is 0. The highest BCUT2D eigenvalue weighted by atomic mass is 16.6. The predicted molar refractivity (Wildman–Crippen MR) is 82.8 cm³/mol. The van der Waals surface area contributed by atoms with Crippen molar-refractivity contribution in [1.29, 1.82) is 0 Å². The van der Waals surface area contributed by atoms with E-state index in [0.717, 1.165) is 37.5 Å². The Labute approximate surface area is 144 Å². The van der Waals surface area contributed by atoms with Crippen molar-refractivity contribution in [1.82, 2.24) is 0 Å². The number of carboxylic acids is 1. The number of hydrogen-bond donors (Lipinski definition) is 1. The van der Waals surface area contributed by atoms with Crippen LogP contribution in [0.3, 0.4) is 0 Å². The molecule has 7 rings (SSSR count). The third kappa shape index (κ3) is 1.80. The number of aliphatic carboxylic acids is 1. The van der Waals surface area contributed by atoms with Gasteiger partial charge in [0, 0.05) is 12.3 Å². The maximum Gasteiger partial charge on any atom is 0.342 e. The second-order valence-electron chi connectivity index (χ2n) is 8.31. The van der Waals surface area contributed by atoms with Gasteiger partial charge in [0.25, 0.3) is 0 Å². The smallest absolute Gasteiger partial charge is 0.342 e. The lowest BCUT2D eigenvalue weighted by molar-refractivity contribution is -0.157. The molecule has 0 aromatic heterocycles. The van der Waals surface area contributed by atoms with Crippen molar-refractivity contribution in [3.63, 3.8) is 0 Å². The van der Waals surface area contributed by atoms with Crippen LogP contribution in [0.2, 0.25) is 0 Å². The van der Waals surface area contributed by atoms with Gasteiger partial charge in [0.2, 0.25) is 0 Å². The lowest BCUT2D eigenvalue weighted by atomic mass is 9.40. The summed E-state index contributed by atoms with van der Waals surface area (Å²) in [5.74, 6) is -1.94. The van der Waals surface area contributed by atoms with E-state index >= 15 is 0 Å². The number of cyclic esters (lactones) is 2. The van der Waals surface area contributed by atoms with Gasteiger partial charge in [0.15, 0.2) is 0 Å². The predicted octanol–water partition coefficient (Wildman–Crippen LogP) is 1.58. The zero-order chi connectivity index (χ0) is 17.5. The van der Waals surface area contributed by atoms with Crippen LogP contribution >= 0.6 is 0 Å². The lowest BCUT2D eigenvalue weighted by Crippen LogP contribution is -2.59. The second-order valence-corrected chi connectivity index (χ2v) is 8.31. The van der Waals surface area contributed by atoms with E-state index in [1.54, 1.807) is 0 Å². The molecule has 6 heteroatoms. The Morgan fingerprint density at radius 3 is 2.64 bits per heavy atom. The van der Waals surface area contributed by atoms with Gasteiger partial charge in [-0.15, -0.1) is 0 Å². The molecule has 5 fully saturated rings. The van der Waals surface area contributed by atoms with Gasteiger partial charge in [-0.25, -0.2) is 4.79 Å². The Balaban J connectivity index is 1.64. The Kier molecular flexibility index (Phi) is 3.07. The van der Waals surface area contributed by atoms with E-state index in [0.29, 0.717) is 5.57 Å². The number of ether oxygens (including phenoxy) is 1. The van der Waals surface area contributed by atoms with Crippen molar-refractivity contribution in [3.05, 3.63) is 11.1 Å². The number of esters is 2. The average Bonchev–Trinajstić information content (AvgIpc) is 2.91. The number of carbonyl (C=O) groups excluding carboxylic acids is 3. The molecular formula is C19H20O6. The van der Waals surface area contributed by atoms with Crippen LogP contribution in [0.5, 0.6) is 0 Å². The fraction of sp³-hybridized carbons (Fsp3) is 0.684. The van der Waals surface area contributed by atoms with Crippen LogP contribution in [-0.2, 0) is 23.9 Å². The summed E-state index contributed by atoms with van der Waals surface area (Å²) in [5.41, 5.74) is 1.62. The molecule has 1 aliphatic heterocycles. The highest BCUT2D eigenvalue weighted by molar-refractivity contribution is 6.08. The monoisotopic (exact) mass is 344 g/mol. The number of aldehydes is 1.